The second-order valence-corrected chi connectivity index (χ2v) is 8.66. The molecule has 0 spiro atoms. The Morgan fingerprint density at radius 2 is 1.70 bits per heavy atom. The van der Waals surface area contributed by atoms with Gasteiger partial charge in [0.15, 0.2) is 0 Å². The van der Waals surface area contributed by atoms with Crippen LogP contribution in [0.4, 0.5) is 4.39 Å². The Hall–Kier alpha value is -2.97. The highest BCUT2D eigenvalue weighted by molar-refractivity contribution is 7.89. The van der Waals surface area contributed by atoms with Crippen LogP contribution in [0.2, 0.25) is 0 Å². The van der Waals surface area contributed by atoms with E-state index in [1.807, 2.05) is 6.07 Å². The van der Waals surface area contributed by atoms with Crippen molar-refractivity contribution in [3.63, 3.8) is 0 Å². The van der Waals surface area contributed by atoms with Gasteiger partial charge in [0.25, 0.3) is 0 Å². The predicted octanol–water partition coefficient (Wildman–Crippen LogP) is 3.49. The number of sulfonamides is 1. The van der Waals surface area contributed by atoms with E-state index >= 15 is 0 Å². The molecule has 0 aliphatic carbocycles. The van der Waals surface area contributed by atoms with E-state index < -0.39 is 38.7 Å². The first-order valence-corrected chi connectivity index (χ1v) is 10.9. The number of furan rings is 1. The summed E-state index contributed by atoms with van der Waals surface area (Å²) in [5, 5.41) is 2.77. The molecule has 2 atom stereocenters. The second kappa shape index (κ2) is 9.23. The highest BCUT2D eigenvalue weighted by atomic mass is 32.2. The van der Waals surface area contributed by atoms with E-state index in [4.69, 9.17) is 4.42 Å². The monoisotopic (exact) mass is 430 g/mol. The van der Waals surface area contributed by atoms with Crippen LogP contribution < -0.4 is 10.0 Å². The third-order valence-corrected chi connectivity index (χ3v) is 6.07. The lowest BCUT2D eigenvalue weighted by Gasteiger charge is -2.21. The number of carbonyl (C=O) groups is 1. The fourth-order valence-electron chi connectivity index (χ4n) is 3.02. The number of nitrogens with one attached hydrogen (secondary N) is 2. The van der Waals surface area contributed by atoms with E-state index in [0.29, 0.717) is 11.5 Å². The van der Waals surface area contributed by atoms with Crippen molar-refractivity contribution in [3.05, 3.63) is 89.6 Å². The molecular formula is C22H23FN2O4S. The largest absolute Gasteiger partial charge is 0.464 e. The summed E-state index contributed by atoms with van der Waals surface area (Å²) in [4.78, 5) is 12.4. The van der Waals surface area contributed by atoms with Crippen molar-refractivity contribution in [2.24, 2.45) is 0 Å². The Labute approximate surface area is 175 Å². The zero-order valence-corrected chi connectivity index (χ0v) is 17.4. The van der Waals surface area contributed by atoms with Crippen LogP contribution in [-0.2, 0) is 21.2 Å². The van der Waals surface area contributed by atoms with E-state index in [9.17, 15) is 17.6 Å². The first-order valence-electron chi connectivity index (χ1n) is 9.44. The number of halogens is 1. The number of hydrogen-bond donors (Lipinski definition) is 2. The molecule has 0 saturated carbocycles. The van der Waals surface area contributed by atoms with Gasteiger partial charge in [0.1, 0.15) is 28.3 Å². The normalized spacial score (nSPS) is 13.6. The lowest BCUT2D eigenvalue weighted by Crippen LogP contribution is -2.48. The first-order chi connectivity index (χ1) is 14.3. The summed E-state index contributed by atoms with van der Waals surface area (Å²) in [6.45, 7) is 3.53. The van der Waals surface area contributed by atoms with Crippen LogP contribution in [0.5, 0.6) is 0 Å². The number of rotatable bonds is 8. The molecule has 30 heavy (non-hydrogen) atoms. The highest BCUT2D eigenvalue weighted by Crippen LogP contribution is 2.18. The smallest absolute Gasteiger partial charge is 0.244 e. The van der Waals surface area contributed by atoms with Gasteiger partial charge in [0.05, 0.1) is 6.04 Å². The van der Waals surface area contributed by atoms with Gasteiger partial charge >= 0.3 is 0 Å². The van der Waals surface area contributed by atoms with Gasteiger partial charge in [0.2, 0.25) is 15.9 Å². The number of hydrogen-bond acceptors (Lipinski definition) is 4. The van der Waals surface area contributed by atoms with Crippen molar-refractivity contribution in [1.29, 1.82) is 0 Å². The molecular weight excluding hydrogens is 407 g/mol. The number of amides is 1. The van der Waals surface area contributed by atoms with Crippen LogP contribution in [0.3, 0.4) is 0 Å². The SMILES string of the molecule is Cc1ccc(C(C)NC(=O)C(Cc2ccccc2)NS(=O)(=O)c2ccccc2F)o1. The van der Waals surface area contributed by atoms with Gasteiger partial charge < -0.3 is 9.73 Å². The topological polar surface area (TPSA) is 88.4 Å². The molecule has 0 saturated heterocycles. The molecule has 0 aliphatic heterocycles. The maximum absolute atomic E-state index is 14.1. The van der Waals surface area contributed by atoms with E-state index in [1.165, 1.54) is 12.1 Å². The number of aryl methyl sites for hydroxylation is 1. The molecule has 158 valence electrons. The quantitative estimate of drug-likeness (QED) is 0.573. The molecule has 2 unspecified atom stereocenters. The second-order valence-electron chi connectivity index (χ2n) is 6.97. The fourth-order valence-corrected chi connectivity index (χ4v) is 4.30. The highest BCUT2D eigenvalue weighted by Gasteiger charge is 2.29. The minimum atomic E-state index is -4.26. The third-order valence-electron chi connectivity index (χ3n) is 4.57. The zero-order chi connectivity index (χ0) is 21.7. The maximum atomic E-state index is 14.1. The average Bonchev–Trinajstić information content (AvgIpc) is 3.15. The molecule has 6 nitrogen and oxygen atoms in total. The summed E-state index contributed by atoms with van der Waals surface area (Å²) in [5.41, 5.74) is 0.760. The molecule has 0 fully saturated rings. The standard InChI is InChI=1S/C22H23FN2O4S/c1-15-12-13-20(29-15)16(2)24-22(26)19(14-17-8-4-3-5-9-17)25-30(27,28)21-11-7-6-10-18(21)23/h3-13,16,19,25H,14H2,1-2H3,(H,24,26). The lowest BCUT2D eigenvalue weighted by molar-refractivity contribution is -0.123. The minimum Gasteiger partial charge on any atom is -0.464 e. The van der Waals surface area contributed by atoms with Crippen molar-refractivity contribution < 1.29 is 22.0 Å². The van der Waals surface area contributed by atoms with Crippen molar-refractivity contribution in [2.75, 3.05) is 0 Å². The molecule has 8 heteroatoms. The molecule has 1 amide bonds. The Morgan fingerprint density at radius 3 is 2.33 bits per heavy atom. The van der Waals surface area contributed by atoms with E-state index in [-0.39, 0.29) is 6.42 Å². The van der Waals surface area contributed by atoms with Gasteiger partial charge in [-0.1, -0.05) is 42.5 Å². The molecule has 0 bridgehead atoms. The van der Waals surface area contributed by atoms with Crippen LogP contribution in [0, 0.1) is 12.7 Å². The summed E-state index contributed by atoms with van der Waals surface area (Å²) in [6.07, 6.45) is 0.101. The maximum Gasteiger partial charge on any atom is 0.244 e. The minimum absolute atomic E-state index is 0.101. The van der Waals surface area contributed by atoms with Crippen molar-refractivity contribution in [1.82, 2.24) is 10.0 Å². The van der Waals surface area contributed by atoms with Crippen LogP contribution in [-0.4, -0.2) is 20.4 Å². The molecule has 2 aromatic carbocycles. The molecule has 0 aliphatic rings. The zero-order valence-electron chi connectivity index (χ0n) is 16.6. The molecule has 3 aromatic rings. The van der Waals surface area contributed by atoms with E-state index in [2.05, 4.69) is 10.0 Å². The molecule has 3 rings (SSSR count). The summed E-state index contributed by atoms with van der Waals surface area (Å²) >= 11 is 0. The van der Waals surface area contributed by atoms with Gasteiger partial charge in [-0.05, 0) is 50.1 Å². The van der Waals surface area contributed by atoms with Crippen LogP contribution >= 0.6 is 0 Å². The Morgan fingerprint density at radius 1 is 1.03 bits per heavy atom. The van der Waals surface area contributed by atoms with Crippen LogP contribution in [0.1, 0.15) is 30.0 Å². The summed E-state index contributed by atoms with van der Waals surface area (Å²) < 4.78 is 47.5. The number of carbonyl (C=O) groups excluding carboxylic acids is 1. The first kappa shape index (κ1) is 21.7. The van der Waals surface area contributed by atoms with Crippen LogP contribution in [0.15, 0.2) is 76.0 Å². The van der Waals surface area contributed by atoms with Gasteiger partial charge in [-0.25, -0.2) is 12.8 Å². The molecule has 2 N–H and O–H groups in total. The third kappa shape index (κ3) is 5.34. The Bertz CT molecular complexity index is 1110. The summed E-state index contributed by atoms with van der Waals surface area (Å²) in [6, 6.07) is 15.9. The predicted molar refractivity (Wildman–Crippen MR) is 111 cm³/mol. The average molecular weight is 431 g/mol. The molecule has 1 aromatic heterocycles. The Kier molecular flexibility index (Phi) is 6.69. The van der Waals surface area contributed by atoms with Gasteiger partial charge in [0, 0.05) is 0 Å². The molecule has 0 radical (unpaired) electrons. The van der Waals surface area contributed by atoms with Gasteiger partial charge in [-0.3, -0.25) is 4.79 Å². The molecule has 1 heterocycles. The number of benzene rings is 2. The van der Waals surface area contributed by atoms with Crippen molar-refractivity contribution in [2.45, 2.75) is 37.2 Å². The van der Waals surface area contributed by atoms with E-state index in [0.717, 1.165) is 17.7 Å². The summed E-state index contributed by atoms with van der Waals surface area (Å²) in [7, 11) is -4.26. The summed E-state index contributed by atoms with van der Waals surface area (Å²) in [5.74, 6) is -0.174. The van der Waals surface area contributed by atoms with Crippen molar-refractivity contribution >= 4 is 15.9 Å². The van der Waals surface area contributed by atoms with Crippen molar-refractivity contribution in [3.8, 4) is 0 Å². The van der Waals surface area contributed by atoms with Gasteiger partial charge in [-0.2, -0.15) is 4.72 Å². The van der Waals surface area contributed by atoms with Crippen LogP contribution in [0.25, 0.3) is 0 Å². The van der Waals surface area contributed by atoms with Gasteiger partial charge in [-0.15, -0.1) is 0 Å². The lowest BCUT2D eigenvalue weighted by atomic mass is 10.1. The Balaban J connectivity index is 1.84. The fraction of sp³-hybridized carbons (Fsp3) is 0.227. The van der Waals surface area contributed by atoms with E-state index in [1.54, 1.807) is 50.2 Å².